The van der Waals surface area contributed by atoms with Crippen molar-refractivity contribution in [2.24, 2.45) is 0 Å². The summed E-state index contributed by atoms with van der Waals surface area (Å²) in [5.41, 5.74) is 0.955. The van der Waals surface area contributed by atoms with Crippen molar-refractivity contribution in [1.82, 2.24) is 9.36 Å². The number of aromatic nitrogens is 2. The molecule has 2 aromatic heterocycles. The molecule has 0 fully saturated rings. The van der Waals surface area contributed by atoms with Crippen LogP contribution >= 0.6 is 11.5 Å². The first-order chi connectivity index (χ1) is 8.46. The molecule has 0 spiro atoms. The molecule has 2 heterocycles. The van der Waals surface area contributed by atoms with Crippen LogP contribution in [0, 0.1) is 0 Å². The number of hydrogen-bond acceptors (Lipinski definition) is 5. The summed E-state index contributed by atoms with van der Waals surface area (Å²) in [6, 6.07) is 7.29. The topological polar surface area (TPSA) is 52.1 Å². The molecule has 0 saturated heterocycles. The quantitative estimate of drug-likeness (QED) is 0.780. The number of hydrogen-bond donors (Lipinski definition) is 0. The number of ether oxygens (including phenoxy) is 1. The second-order valence-corrected chi connectivity index (χ2v) is 5.60. The van der Waals surface area contributed by atoms with E-state index >= 15 is 0 Å². The van der Waals surface area contributed by atoms with Gasteiger partial charge in [-0.2, -0.15) is 4.37 Å². The van der Waals surface area contributed by atoms with Gasteiger partial charge in [-0.1, -0.05) is 6.07 Å². The Hall–Kier alpha value is -1.75. The average Bonchev–Trinajstić information content (AvgIpc) is 2.77. The summed E-state index contributed by atoms with van der Waals surface area (Å²) >= 11 is 1.13. The molecule has 0 unspecified atom stereocenters. The third kappa shape index (κ3) is 3.13. The highest BCUT2D eigenvalue weighted by Crippen LogP contribution is 2.22. The van der Waals surface area contributed by atoms with Gasteiger partial charge in [0.15, 0.2) is 0 Å². The van der Waals surface area contributed by atoms with Crippen LogP contribution in [-0.4, -0.2) is 20.9 Å². The van der Waals surface area contributed by atoms with Gasteiger partial charge in [-0.15, -0.1) is 0 Å². The molecule has 0 saturated carbocycles. The summed E-state index contributed by atoms with van der Waals surface area (Å²) in [7, 11) is 0. The molecule has 0 atom stereocenters. The average molecular weight is 262 g/mol. The van der Waals surface area contributed by atoms with Gasteiger partial charge in [0, 0.05) is 6.20 Å². The molecule has 0 aliphatic rings. The Morgan fingerprint density at radius 3 is 2.67 bits per heavy atom. The molecule has 0 radical (unpaired) electrons. The molecule has 2 aromatic rings. The Morgan fingerprint density at radius 2 is 2.06 bits per heavy atom. The Balaban J connectivity index is 2.19. The van der Waals surface area contributed by atoms with Crippen LogP contribution in [-0.2, 0) is 4.74 Å². The zero-order chi connectivity index (χ0) is 13.2. The van der Waals surface area contributed by atoms with E-state index in [1.807, 2.05) is 39.0 Å². The SMILES string of the molecule is CC(C)(C)OC(=O)c1cc(-c2ccccn2)ns1. The van der Waals surface area contributed by atoms with Crippen molar-refractivity contribution in [2.75, 3.05) is 0 Å². The first kappa shape index (κ1) is 12.7. The largest absolute Gasteiger partial charge is 0.456 e. The Kier molecular flexibility index (Phi) is 3.43. The molecular formula is C13H14N2O2S. The highest BCUT2D eigenvalue weighted by molar-refractivity contribution is 7.08. The minimum absolute atomic E-state index is 0.345. The van der Waals surface area contributed by atoms with E-state index in [9.17, 15) is 4.79 Å². The Labute approximate surface area is 110 Å². The lowest BCUT2D eigenvalue weighted by Gasteiger charge is -2.18. The third-order valence-electron chi connectivity index (χ3n) is 2.04. The van der Waals surface area contributed by atoms with Gasteiger partial charge in [0.2, 0.25) is 0 Å². The fraction of sp³-hybridized carbons (Fsp3) is 0.308. The summed E-state index contributed by atoms with van der Waals surface area (Å²) < 4.78 is 9.50. The van der Waals surface area contributed by atoms with Crippen LogP contribution < -0.4 is 0 Å². The minimum Gasteiger partial charge on any atom is -0.456 e. The maximum Gasteiger partial charge on any atom is 0.350 e. The Morgan fingerprint density at radius 1 is 1.28 bits per heavy atom. The number of nitrogens with zero attached hydrogens (tertiary/aromatic N) is 2. The molecule has 0 aliphatic heterocycles. The van der Waals surface area contributed by atoms with Crippen molar-refractivity contribution in [3.8, 4) is 11.4 Å². The first-order valence-electron chi connectivity index (χ1n) is 5.57. The predicted octanol–water partition coefficient (Wildman–Crippen LogP) is 3.16. The van der Waals surface area contributed by atoms with Gasteiger partial charge in [-0.05, 0) is 50.5 Å². The molecule has 0 aliphatic carbocycles. The van der Waals surface area contributed by atoms with E-state index in [4.69, 9.17) is 4.74 Å². The zero-order valence-corrected chi connectivity index (χ0v) is 11.3. The molecule has 4 nitrogen and oxygen atoms in total. The van der Waals surface area contributed by atoms with Gasteiger partial charge < -0.3 is 4.74 Å². The zero-order valence-electron chi connectivity index (χ0n) is 10.5. The van der Waals surface area contributed by atoms with Gasteiger partial charge in [-0.25, -0.2) is 4.79 Å². The van der Waals surface area contributed by atoms with Crippen LogP contribution in [0.1, 0.15) is 30.4 Å². The molecule has 0 bridgehead atoms. The van der Waals surface area contributed by atoms with Crippen molar-refractivity contribution < 1.29 is 9.53 Å². The number of rotatable bonds is 2. The molecule has 0 amide bonds. The van der Waals surface area contributed by atoms with Crippen LogP contribution in [0.15, 0.2) is 30.5 Å². The number of carbonyl (C=O) groups excluding carboxylic acids is 1. The van der Waals surface area contributed by atoms with Crippen molar-refractivity contribution in [3.63, 3.8) is 0 Å². The maximum absolute atomic E-state index is 11.8. The van der Waals surface area contributed by atoms with Crippen LogP contribution in [0.25, 0.3) is 11.4 Å². The van der Waals surface area contributed by atoms with Gasteiger partial charge in [0.1, 0.15) is 16.2 Å². The molecule has 2 rings (SSSR count). The van der Waals surface area contributed by atoms with Gasteiger partial charge in [-0.3, -0.25) is 4.98 Å². The standard InChI is InChI=1S/C13H14N2O2S/c1-13(2,3)17-12(16)11-8-10(15-18-11)9-6-4-5-7-14-9/h4-8H,1-3H3. The lowest BCUT2D eigenvalue weighted by atomic mass is 10.2. The first-order valence-corrected chi connectivity index (χ1v) is 6.34. The second kappa shape index (κ2) is 4.86. The van der Waals surface area contributed by atoms with E-state index in [1.54, 1.807) is 12.3 Å². The maximum atomic E-state index is 11.8. The monoisotopic (exact) mass is 262 g/mol. The van der Waals surface area contributed by atoms with Crippen molar-refractivity contribution >= 4 is 17.5 Å². The highest BCUT2D eigenvalue weighted by atomic mass is 32.1. The number of esters is 1. The lowest BCUT2D eigenvalue weighted by Crippen LogP contribution is -2.23. The van der Waals surface area contributed by atoms with Gasteiger partial charge in [0.25, 0.3) is 0 Å². The molecule has 18 heavy (non-hydrogen) atoms. The summed E-state index contributed by atoms with van der Waals surface area (Å²) in [6.45, 7) is 5.52. The highest BCUT2D eigenvalue weighted by Gasteiger charge is 2.20. The molecule has 0 N–H and O–H groups in total. The molecule has 0 aromatic carbocycles. The van der Waals surface area contributed by atoms with E-state index in [1.165, 1.54) is 0 Å². The van der Waals surface area contributed by atoms with Crippen LogP contribution in [0.2, 0.25) is 0 Å². The second-order valence-electron chi connectivity index (χ2n) is 4.79. The molecule has 94 valence electrons. The van der Waals surface area contributed by atoms with E-state index in [2.05, 4.69) is 9.36 Å². The third-order valence-corrected chi connectivity index (χ3v) is 2.81. The summed E-state index contributed by atoms with van der Waals surface area (Å²) in [5.74, 6) is -0.345. The fourth-order valence-corrected chi connectivity index (χ4v) is 1.96. The molecular weight excluding hydrogens is 248 g/mol. The van der Waals surface area contributed by atoms with Gasteiger partial charge in [0.05, 0.1) is 5.69 Å². The summed E-state index contributed by atoms with van der Waals surface area (Å²) in [6.07, 6.45) is 1.70. The van der Waals surface area contributed by atoms with Crippen LogP contribution in [0.3, 0.4) is 0 Å². The number of carbonyl (C=O) groups is 1. The van der Waals surface area contributed by atoms with Crippen LogP contribution in [0.5, 0.6) is 0 Å². The predicted molar refractivity (Wildman–Crippen MR) is 70.5 cm³/mol. The molecule has 5 heteroatoms. The normalized spacial score (nSPS) is 11.3. The minimum atomic E-state index is -0.494. The van der Waals surface area contributed by atoms with E-state index in [0.29, 0.717) is 10.6 Å². The van der Waals surface area contributed by atoms with Crippen molar-refractivity contribution in [1.29, 1.82) is 0 Å². The Bertz CT molecular complexity index is 544. The fourth-order valence-electron chi connectivity index (χ4n) is 1.33. The van der Waals surface area contributed by atoms with E-state index < -0.39 is 5.60 Å². The van der Waals surface area contributed by atoms with Gasteiger partial charge >= 0.3 is 5.97 Å². The smallest absolute Gasteiger partial charge is 0.350 e. The van der Waals surface area contributed by atoms with E-state index in [-0.39, 0.29) is 5.97 Å². The number of pyridine rings is 1. The summed E-state index contributed by atoms with van der Waals surface area (Å²) in [4.78, 5) is 16.5. The lowest BCUT2D eigenvalue weighted by molar-refractivity contribution is 0.00753. The van der Waals surface area contributed by atoms with Crippen molar-refractivity contribution in [2.45, 2.75) is 26.4 Å². The van der Waals surface area contributed by atoms with E-state index in [0.717, 1.165) is 17.2 Å². The van der Waals surface area contributed by atoms with Crippen LogP contribution in [0.4, 0.5) is 0 Å². The van der Waals surface area contributed by atoms with Crippen molar-refractivity contribution in [3.05, 3.63) is 35.3 Å². The summed E-state index contributed by atoms with van der Waals surface area (Å²) in [5, 5.41) is 0.